The number of rotatable bonds is 0. The van der Waals surface area contributed by atoms with Crippen LogP contribution in [0, 0.1) is 0 Å². The van der Waals surface area contributed by atoms with Crippen LogP contribution in [0.15, 0.2) is 0 Å². The molecule has 1 heterocycles. The second-order valence-electron chi connectivity index (χ2n) is 1.34. The standard InChI is InChI=1S/C3H2Cl2OS2/c4-3(5)1-7-8-2(3)6/h1H2. The van der Waals surface area contributed by atoms with Crippen molar-refractivity contribution in [2.24, 2.45) is 0 Å². The van der Waals surface area contributed by atoms with Gasteiger partial charge in [-0.25, -0.2) is 0 Å². The van der Waals surface area contributed by atoms with Gasteiger partial charge in [-0.15, -0.1) is 0 Å². The monoisotopic (exact) mass is 188 g/mol. The molecular formula is C3H2Cl2OS2. The van der Waals surface area contributed by atoms with E-state index >= 15 is 0 Å². The average Bonchev–Trinajstić information content (AvgIpc) is 1.86. The fourth-order valence-electron chi connectivity index (χ4n) is 0.277. The van der Waals surface area contributed by atoms with Gasteiger partial charge < -0.3 is 0 Å². The van der Waals surface area contributed by atoms with Crippen LogP contribution in [0.5, 0.6) is 0 Å². The predicted molar refractivity (Wildman–Crippen MR) is 39.5 cm³/mol. The normalized spacial score (nSPS) is 26.5. The molecule has 0 saturated carbocycles. The molecule has 0 radical (unpaired) electrons. The summed E-state index contributed by atoms with van der Waals surface area (Å²) in [6.45, 7) is 0. The van der Waals surface area contributed by atoms with Crippen molar-refractivity contribution in [3.63, 3.8) is 0 Å². The van der Waals surface area contributed by atoms with Crippen LogP contribution in [0.3, 0.4) is 0 Å². The van der Waals surface area contributed by atoms with E-state index in [2.05, 4.69) is 0 Å². The first kappa shape index (κ1) is 7.06. The Hall–Kier alpha value is 0.950. The van der Waals surface area contributed by atoms with Crippen molar-refractivity contribution in [3.05, 3.63) is 0 Å². The molecular weight excluding hydrogens is 187 g/mol. The maximum atomic E-state index is 10.6. The Morgan fingerprint density at radius 2 is 2.25 bits per heavy atom. The fourth-order valence-corrected chi connectivity index (χ4v) is 3.68. The Kier molecular flexibility index (Phi) is 2.02. The van der Waals surface area contributed by atoms with E-state index in [9.17, 15) is 4.79 Å². The van der Waals surface area contributed by atoms with Gasteiger partial charge in [0.25, 0.3) is 0 Å². The summed E-state index contributed by atoms with van der Waals surface area (Å²) in [4.78, 5) is 10.6. The van der Waals surface area contributed by atoms with E-state index in [1.807, 2.05) is 0 Å². The largest absolute Gasteiger partial charge is 0.283 e. The van der Waals surface area contributed by atoms with Crippen LogP contribution in [-0.4, -0.2) is 15.2 Å². The Bertz CT molecular complexity index is 124. The molecule has 1 nitrogen and oxygen atoms in total. The lowest BCUT2D eigenvalue weighted by Gasteiger charge is -2.02. The minimum Gasteiger partial charge on any atom is -0.283 e. The molecule has 0 unspecified atom stereocenters. The van der Waals surface area contributed by atoms with Crippen LogP contribution < -0.4 is 0 Å². The van der Waals surface area contributed by atoms with Crippen LogP contribution >= 0.6 is 44.8 Å². The summed E-state index contributed by atoms with van der Waals surface area (Å²) in [5, 5.41) is -0.147. The number of carbonyl (C=O) groups is 1. The summed E-state index contributed by atoms with van der Waals surface area (Å²) in [5.74, 6) is 0.500. The quantitative estimate of drug-likeness (QED) is 0.429. The lowest BCUT2D eigenvalue weighted by Crippen LogP contribution is -2.19. The van der Waals surface area contributed by atoms with Crippen molar-refractivity contribution in [3.8, 4) is 0 Å². The van der Waals surface area contributed by atoms with Crippen LogP contribution in [0.2, 0.25) is 0 Å². The van der Waals surface area contributed by atoms with E-state index in [1.165, 1.54) is 10.8 Å². The Balaban J connectivity index is 2.68. The van der Waals surface area contributed by atoms with Gasteiger partial charge in [-0.1, -0.05) is 34.0 Å². The molecule has 1 rings (SSSR count). The van der Waals surface area contributed by atoms with Gasteiger partial charge in [0.2, 0.25) is 5.12 Å². The van der Waals surface area contributed by atoms with Gasteiger partial charge in [-0.3, -0.25) is 4.79 Å². The minimum absolute atomic E-state index is 0.147. The molecule has 0 aromatic carbocycles. The number of hydrogen-bond acceptors (Lipinski definition) is 3. The number of hydrogen-bond donors (Lipinski definition) is 0. The van der Waals surface area contributed by atoms with Gasteiger partial charge in [-0.05, 0) is 10.8 Å². The van der Waals surface area contributed by atoms with Crippen LogP contribution in [0.1, 0.15) is 0 Å². The molecule has 1 aliphatic rings. The van der Waals surface area contributed by atoms with Gasteiger partial charge in [-0.2, -0.15) is 0 Å². The summed E-state index contributed by atoms with van der Waals surface area (Å²) in [7, 11) is 2.51. The summed E-state index contributed by atoms with van der Waals surface area (Å²) >= 11 is 11.0. The maximum Gasteiger partial charge on any atom is 0.236 e. The highest BCUT2D eigenvalue weighted by molar-refractivity contribution is 8.83. The molecule has 0 aromatic heterocycles. The summed E-state index contributed by atoms with van der Waals surface area (Å²) in [6, 6.07) is 0. The Morgan fingerprint density at radius 3 is 2.38 bits per heavy atom. The molecule has 0 bridgehead atoms. The van der Waals surface area contributed by atoms with Crippen LogP contribution in [0.4, 0.5) is 0 Å². The van der Waals surface area contributed by atoms with E-state index < -0.39 is 4.33 Å². The van der Waals surface area contributed by atoms with E-state index in [4.69, 9.17) is 23.2 Å². The summed E-state index contributed by atoms with van der Waals surface area (Å²) in [6.07, 6.45) is 0. The lowest BCUT2D eigenvalue weighted by molar-refractivity contribution is -0.110. The summed E-state index contributed by atoms with van der Waals surface area (Å²) < 4.78 is -1.12. The number of halogens is 2. The fraction of sp³-hybridized carbons (Fsp3) is 0.667. The van der Waals surface area contributed by atoms with Crippen molar-refractivity contribution in [1.29, 1.82) is 0 Å². The average molecular weight is 189 g/mol. The van der Waals surface area contributed by atoms with E-state index in [0.717, 1.165) is 10.8 Å². The highest BCUT2D eigenvalue weighted by Gasteiger charge is 2.39. The van der Waals surface area contributed by atoms with Crippen molar-refractivity contribution < 1.29 is 4.79 Å². The second-order valence-corrected chi connectivity index (χ2v) is 5.09. The summed E-state index contributed by atoms with van der Waals surface area (Å²) in [5.41, 5.74) is 0. The first-order chi connectivity index (χ1) is 3.63. The molecule has 0 atom stereocenters. The Labute approximate surface area is 64.9 Å². The molecule has 0 aliphatic carbocycles. The van der Waals surface area contributed by atoms with Gasteiger partial charge in [0.05, 0.1) is 0 Å². The van der Waals surface area contributed by atoms with Crippen LogP contribution in [0.25, 0.3) is 0 Å². The molecule has 5 heteroatoms. The molecule has 0 aromatic rings. The maximum absolute atomic E-state index is 10.6. The first-order valence-corrected chi connectivity index (χ1v) is 4.92. The van der Waals surface area contributed by atoms with Crippen LogP contribution in [-0.2, 0) is 4.79 Å². The molecule has 1 aliphatic heterocycles. The molecule has 1 fully saturated rings. The van der Waals surface area contributed by atoms with Gasteiger partial charge in [0, 0.05) is 5.75 Å². The first-order valence-electron chi connectivity index (χ1n) is 1.85. The molecule has 1 saturated heterocycles. The van der Waals surface area contributed by atoms with E-state index in [0.29, 0.717) is 5.75 Å². The third kappa shape index (κ3) is 1.26. The number of carbonyl (C=O) groups excluding carboxylic acids is 1. The topological polar surface area (TPSA) is 17.1 Å². The highest BCUT2D eigenvalue weighted by atomic mass is 35.5. The van der Waals surface area contributed by atoms with Crippen molar-refractivity contribution in [2.45, 2.75) is 4.33 Å². The molecule has 8 heavy (non-hydrogen) atoms. The zero-order valence-electron chi connectivity index (χ0n) is 3.69. The third-order valence-electron chi connectivity index (χ3n) is 0.673. The SMILES string of the molecule is O=C1SSCC1(Cl)Cl. The predicted octanol–water partition coefficient (Wildman–Crippen LogP) is 2.08. The van der Waals surface area contributed by atoms with Crippen molar-refractivity contribution in [1.82, 2.24) is 0 Å². The zero-order chi connectivity index (χ0) is 6.20. The van der Waals surface area contributed by atoms with Gasteiger partial charge in [0.1, 0.15) is 0 Å². The lowest BCUT2D eigenvalue weighted by atomic mass is 10.5. The van der Waals surface area contributed by atoms with E-state index in [-0.39, 0.29) is 5.12 Å². The van der Waals surface area contributed by atoms with Gasteiger partial charge in [0.15, 0.2) is 4.33 Å². The highest BCUT2D eigenvalue weighted by Crippen LogP contribution is 2.45. The smallest absolute Gasteiger partial charge is 0.236 e. The number of alkyl halides is 2. The van der Waals surface area contributed by atoms with Crippen molar-refractivity contribution >= 4 is 49.9 Å². The zero-order valence-corrected chi connectivity index (χ0v) is 6.83. The minimum atomic E-state index is -1.12. The molecule has 0 N–H and O–H groups in total. The second kappa shape index (κ2) is 2.29. The third-order valence-corrected chi connectivity index (χ3v) is 4.15. The molecule has 0 amide bonds. The Morgan fingerprint density at radius 1 is 1.62 bits per heavy atom. The molecule has 46 valence electrons. The van der Waals surface area contributed by atoms with Crippen molar-refractivity contribution in [2.75, 3.05) is 5.75 Å². The molecule has 0 spiro atoms. The van der Waals surface area contributed by atoms with Gasteiger partial charge >= 0.3 is 0 Å². The van der Waals surface area contributed by atoms with E-state index in [1.54, 1.807) is 0 Å².